The average molecular weight is 241 g/mol. The van der Waals surface area contributed by atoms with Gasteiger partial charge in [0.05, 0.1) is 0 Å². The van der Waals surface area contributed by atoms with Crippen molar-refractivity contribution in [1.29, 1.82) is 0 Å². The molecule has 2 nitrogen and oxygen atoms in total. The molecule has 1 aliphatic rings. The van der Waals surface area contributed by atoms with Gasteiger partial charge in [0.25, 0.3) is 0 Å². The molecule has 0 aromatic heterocycles. The van der Waals surface area contributed by atoms with Crippen molar-refractivity contribution in [2.45, 2.75) is 65.3 Å². The quantitative estimate of drug-likeness (QED) is 0.701. The van der Waals surface area contributed by atoms with Gasteiger partial charge < -0.3 is 10.1 Å². The molecule has 0 radical (unpaired) electrons. The Morgan fingerprint density at radius 3 is 2.47 bits per heavy atom. The van der Waals surface area contributed by atoms with Crippen molar-refractivity contribution >= 4 is 0 Å². The molecule has 17 heavy (non-hydrogen) atoms. The van der Waals surface area contributed by atoms with Crippen LogP contribution in [0.3, 0.4) is 0 Å². The van der Waals surface area contributed by atoms with Crippen LogP contribution in [0.1, 0.15) is 59.3 Å². The summed E-state index contributed by atoms with van der Waals surface area (Å²) in [5.41, 5.74) is 0. The lowest BCUT2D eigenvalue weighted by molar-refractivity contribution is 0.0521. The molecule has 0 aromatic rings. The molecular formula is C15H31NO. The van der Waals surface area contributed by atoms with E-state index in [1.165, 1.54) is 45.1 Å². The predicted molar refractivity (Wildman–Crippen MR) is 74.3 cm³/mol. The fraction of sp³-hybridized carbons (Fsp3) is 1.00. The first-order valence-corrected chi connectivity index (χ1v) is 7.55. The lowest BCUT2D eigenvalue weighted by Gasteiger charge is -2.31. The zero-order valence-corrected chi connectivity index (χ0v) is 12.0. The second-order valence-electron chi connectivity index (χ2n) is 5.84. The van der Waals surface area contributed by atoms with Crippen LogP contribution in [0.25, 0.3) is 0 Å². The zero-order chi connectivity index (χ0) is 12.5. The maximum Gasteiger partial charge on any atom is 0.0469 e. The molecule has 1 rings (SSSR count). The molecule has 0 bridgehead atoms. The van der Waals surface area contributed by atoms with Crippen molar-refractivity contribution in [3.63, 3.8) is 0 Å². The van der Waals surface area contributed by atoms with Crippen molar-refractivity contribution in [2.24, 2.45) is 11.8 Å². The van der Waals surface area contributed by atoms with Gasteiger partial charge in [-0.1, -0.05) is 33.6 Å². The first kappa shape index (κ1) is 15.0. The van der Waals surface area contributed by atoms with Gasteiger partial charge in [0.2, 0.25) is 0 Å². The highest BCUT2D eigenvalue weighted by Crippen LogP contribution is 2.23. The van der Waals surface area contributed by atoms with E-state index < -0.39 is 0 Å². The smallest absolute Gasteiger partial charge is 0.0469 e. The minimum Gasteiger partial charge on any atom is -0.381 e. The van der Waals surface area contributed by atoms with Crippen molar-refractivity contribution in [2.75, 3.05) is 19.8 Å². The van der Waals surface area contributed by atoms with Crippen LogP contribution in [0.4, 0.5) is 0 Å². The Morgan fingerprint density at radius 2 is 1.88 bits per heavy atom. The molecule has 1 heterocycles. The zero-order valence-electron chi connectivity index (χ0n) is 12.0. The largest absolute Gasteiger partial charge is 0.381 e. The van der Waals surface area contributed by atoms with Gasteiger partial charge in [-0.3, -0.25) is 0 Å². The van der Waals surface area contributed by atoms with Crippen LogP contribution in [0.2, 0.25) is 0 Å². The predicted octanol–water partition coefficient (Wildman–Crippen LogP) is 3.61. The molecular weight excluding hydrogens is 210 g/mol. The van der Waals surface area contributed by atoms with E-state index in [1.54, 1.807) is 0 Å². The third kappa shape index (κ3) is 6.42. The Hall–Kier alpha value is -0.0800. The average Bonchev–Trinajstić information content (AvgIpc) is 2.34. The van der Waals surface area contributed by atoms with Gasteiger partial charge in [-0.25, -0.2) is 0 Å². The molecule has 2 heteroatoms. The van der Waals surface area contributed by atoms with E-state index in [2.05, 4.69) is 26.1 Å². The van der Waals surface area contributed by atoms with Crippen LogP contribution in [0, 0.1) is 11.8 Å². The second-order valence-corrected chi connectivity index (χ2v) is 5.84. The molecule has 1 unspecified atom stereocenters. The topological polar surface area (TPSA) is 21.3 Å². The highest BCUT2D eigenvalue weighted by Gasteiger charge is 2.22. The van der Waals surface area contributed by atoms with E-state index in [1.807, 2.05) is 0 Å². The summed E-state index contributed by atoms with van der Waals surface area (Å²) in [4.78, 5) is 0. The van der Waals surface area contributed by atoms with Crippen molar-refractivity contribution < 1.29 is 4.74 Å². The van der Waals surface area contributed by atoms with Crippen molar-refractivity contribution in [1.82, 2.24) is 5.32 Å². The van der Waals surface area contributed by atoms with E-state index in [9.17, 15) is 0 Å². The second kappa shape index (κ2) is 8.93. The van der Waals surface area contributed by atoms with Gasteiger partial charge in [-0.05, 0) is 44.1 Å². The highest BCUT2D eigenvalue weighted by molar-refractivity contribution is 4.78. The van der Waals surface area contributed by atoms with Gasteiger partial charge in [-0.15, -0.1) is 0 Å². The van der Waals surface area contributed by atoms with Crippen LogP contribution in [0.15, 0.2) is 0 Å². The summed E-state index contributed by atoms with van der Waals surface area (Å²) in [5, 5.41) is 3.76. The third-order valence-corrected chi connectivity index (χ3v) is 3.79. The maximum absolute atomic E-state index is 5.47. The molecule has 1 N–H and O–H groups in total. The molecule has 102 valence electrons. The minimum absolute atomic E-state index is 0.734. The molecule has 0 saturated carbocycles. The fourth-order valence-electron chi connectivity index (χ4n) is 2.70. The third-order valence-electron chi connectivity index (χ3n) is 3.79. The number of nitrogens with one attached hydrogen (secondary N) is 1. The van der Waals surface area contributed by atoms with E-state index >= 15 is 0 Å². The Labute approximate surface area is 108 Å². The number of ether oxygens (including phenoxy) is 1. The monoisotopic (exact) mass is 241 g/mol. The lowest BCUT2D eigenvalue weighted by Crippen LogP contribution is -2.39. The standard InChI is InChI=1S/C15H31NO/c1-4-10-16-15(7-5-6-13(2)3)14-8-11-17-12-9-14/h13-16H,4-12H2,1-3H3. The Balaban J connectivity index is 2.30. The van der Waals surface area contributed by atoms with E-state index in [0.717, 1.165) is 31.1 Å². The molecule has 1 fully saturated rings. The summed E-state index contributed by atoms with van der Waals surface area (Å²) < 4.78 is 5.47. The molecule has 0 aliphatic carbocycles. The van der Waals surface area contributed by atoms with Crippen molar-refractivity contribution in [3.8, 4) is 0 Å². The van der Waals surface area contributed by atoms with Crippen LogP contribution in [-0.4, -0.2) is 25.8 Å². The van der Waals surface area contributed by atoms with E-state index in [-0.39, 0.29) is 0 Å². The number of hydrogen-bond acceptors (Lipinski definition) is 2. The van der Waals surface area contributed by atoms with Crippen LogP contribution < -0.4 is 5.32 Å². The van der Waals surface area contributed by atoms with Gasteiger partial charge in [-0.2, -0.15) is 0 Å². The minimum atomic E-state index is 0.734. The molecule has 0 spiro atoms. The van der Waals surface area contributed by atoms with Crippen LogP contribution in [-0.2, 0) is 4.74 Å². The van der Waals surface area contributed by atoms with Crippen LogP contribution >= 0.6 is 0 Å². The maximum atomic E-state index is 5.47. The molecule has 1 saturated heterocycles. The fourth-order valence-corrected chi connectivity index (χ4v) is 2.70. The molecule has 1 atom stereocenters. The van der Waals surface area contributed by atoms with Crippen molar-refractivity contribution in [3.05, 3.63) is 0 Å². The first-order chi connectivity index (χ1) is 8.24. The molecule has 0 amide bonds. The SMILES string of the molecule is CCCNC(CCCC(C)C)C1CCOCC1. The van der Waals surface area contributed by atoms with Crippen LogP contribution in [0.5, 0.6) is 0 Å². The summed E-state index contributed by atoms with van der Waals surface area (Å²) in [6.45, 7) is 10.0. The first-order valence-electron chi connectivity index (χ1n) is 7.55. The summed E-state index contributed by atoms with van der Waals surface area (Å²) in [6, 6.07) is 0.734. The normalized spacial score (nSPS) is 19.8. The summed E-state index contributed by atoms with van der Waals surface area (Å²) in [6.07, 6.45) is 7.84. The Bertz CT molecular complexity index is 176. The Morgan fingerprint density at radius 1 is 1.18 bits per heavy atom. The van der Waals surface area contributed by atoms with Gasteiger partial charge in [0, 0.05) is 19.3 Å². The number of rotatable bonds is 8. The van der Waals surface area contributed by atoms with E-state index in [4.69, 9.17) is 4.74 Å². The summed E-state index contributed by atoms with van der Waals surface area (Å²) in [7, 11) is 0. The van der Waals surface area contributed by atoms with Gasteiger partial charge >= 0.3 is 0 Å². The Kier molecular flexibility index (Phi) is 7.87. The van der Waals surface area contributed by atoms with E-state index in [0.29, 0.717) is 0 Å². The van der Waals surface area contributed by atoms with Gasteiger partial charge in [0.15, 0.2) is 0 Å². The molecule has 1 aliphatic heterocycles. The number of hydrogen-bond donors (Lipinski definition) is 1. The summed E-state index contributed by atoms with van der Waals surface area (Å²) in [5.74, 6) is 1.69. The highest BCUT2D eigenvalue weighted by atomic mass is 16.5. The lowest BCUT2D eigenvalue weighted by atomic mass is 9.87. The molecule has 0 aromatic carbocycles. The van der Waals surface area contributed by atoms with Gasteiger partial charge in [0.1, 0.15) is 0 Å². The summed E-state index contributed by atoms with van der Waals surface area (Å²) >= 11 is 0.